The molecule has 130 valence electrons. The lowest BCUT2D eigenvalue weighted by atomic mass is 9.99. The number of nitrogens with zero attached hydrogens (tertiary/aromatic N) is 3. The zero-order valence-corrected chi connectivity index (χ0v) is 15.2. The van der Waals surface area contributed by atoms with Gasteiger partial charge in [0, 0.05) is 21.7 Å². The van der Waals surface area contributed by atoms with Crippen molar-refractivity contribution in [3.05, 3.63) is 45.6 Å². The number of allylic oxidation sites excluding steroid dienone is 1. The molecule has 1 atom stereocenters. The molecule has 1 unspecified atom stereocenters. The molecular weight excluding hydrogens is 365 g/mol. The van der Waals surface area contributed by atoms with Crippen molar-refractivity contribution in [2.75, 3.05) is 13.7 Å². The Labute approximate surface area is 155 Å². The van der Waals surface area contributed by atoms with Gasteiger partial charge in [-0.3, -0.25) is 4.79 Å². The molecule has 2 heterocycles. The molecular formula is C17H16Cl2N3O3+. The molecule has 0 spiro atoms. The summed E-state index contributed by atoms with van der Waals surface area (Å²) in [6, 6.07) is 4.48. The Bertz CT molecular complexity index is 846. The monoisotopic (exact) mass is 380 g/mol. The summed E-state index contributed by atoms with van der Waals surface area (Å²) in [6.45, 7) is 2.29. The second-order valence-electron chi connectivity index (χ2n) is 5.57. The normalized spacial score (nSPS) is 19.9. The van der Waals surface area contributed by atoms with Gasteiger partial charge >= 0.3 is 11.9 Å². The standard InChI is InChI=1S/C17H16Cl2N3O3/c1-3-25-13-6-7-20-15-14(13)16(23)22(17(24)21(15)2)9-10-4-5-11(18)8-12(10)19/h4-8,14H,3,9H2,1-2H3/q+1. The number of halogens is 2. The van der Waals surface area contributed by atoms with Crippen molar-refractivity contribution < 1.29 is 18.9 Å². The number of dihydropyridines is 1. The van der Waals surface area contributed by atoms with Gasteiger partial charge in [-0.15, -0.1) is 4.99 Å². The molecule has 2 aliphatic rings. The number of hydrogen-bond acceptors (Lipinski definition) is 4. The number of imide groups is 1. The SMILES string of the molecule is CCOC1=CC=NC2=[N+](C)C(=O)N(Cc3ccc(Cl)cc3Cl)C(=O)C12. The van der Waals surface area contributed by atoms with Crippen LogP contribution in [0.15, 0.2) is 35.0 Å². The Kier molecular flexibility index (Phi) is 4.92. The van der Waals surface area contributed by atoms with Crippen LogP contribution in [0.3, 0.4) is 0 Å². The molecule has 1 aromatic rings. The first-order valence-corrected chi connectivity index (χ1v) is 8.46. The molecule has 0 N–H and O–H groups in total. The van der Waals surface area contributed by atoms with Crippen LogP contribution < -0.4 is 0 Å². The number of urea groups is 1. The van der Waals surface area contributed by atoms with Crippen LogP contribution in [-0.4, -0.2) is 47.1 Å². The zero-order chi connectivity index (χ0) is 18.1. The maximum absolute atomic E-state index is 13.0. The van der Waals surface area contributed by atoms with Gasteiger partial charge in [-0.25, -0.2) is 4.79 Å². The van der Waals surface area contributed by atoms with Gasteiger partial charge in [-0.05, 0) is 19.1 Å². The minimum atomic E-state index is -0.737. The van der Waals surface area contributed by atoms with Crippen molar-refractivity contribution in [1.29, 1.82) is 0 Å². The van der Waals surface area contributed by atoms with E-state index in [0.717, 1.165) is 4.90 Å². The average Bonchev–Trinajstić information content (AvgIpc) is 2.58. The maximum atomic E-state index is 13.0. The number of hydrogen-bond donors (Lipinski definition) is 0. The summed E-state index contributed by atoms with van der Waals surface area (Å²) in [5.74, 6) is -0.289. The van der Waals surface area contributed by atoms with E-state index >= 15 is 0 Å². The number of carbonyl (C=O) groups is 2. The van der Waals surface area contributed by atoms with Crippen LogP contribution >= 0.6 is 23.2 Å². The number of benzene rings is 1. The van der Waals surface area contributed by atoms with Crippen LogP contribution in [0.1, 0.15) is 12.5 Å². The first-order chi connectivity index (χ1) is 11.9. The highest BCUT2D eigenvalue weighted by atomic mass is 35.5. The summed E-state index contributed by atoms with van der Waals surface area (Å²) in [5.41, 5.74) is 0.630. The summed E-state index contributed by atoms with van der Waals surface area (Å²) in [4.78, 5) is 31.0. The van der Waals surface area contributed by atoms with Crippen molar-refractivity contribution in [2.24, 2.45) is 10.9 Å². The van der Waals surface area contributed by atoms with Crippen LogP contribution in [0.4, 0.5) is 4.79 Å². The van der Waals surface area contributed by atoms with Crippen molar-refractivity contribution in [2.45, 2.75) is 13.5 Å². The first kappa shape index (κ1) is 17.6. The second-order valence-corrected chi connectivity index (χ2v) is 6.42. The van der Waals surface area contributed by atoms with E-state index in [1.165, 1.54) is 10.8 Å². The zero-order valence-electron chi connectivity index (χ0n) is 13.7. The van der Waals surface area contributed by atoms with Gasteiger partial charge in [0.1, 0.15) is 18.5 Å². The third-order valence-electron chi connectivity index (χ3n) is 4.02. The predicted molar refractivity (Wildman–Crippen MR) is 95.3 cm³/mol. The van der Waals surface area contributed by atoms with Gasteiger partial charge in [0.15, 0.2) is 5.92 Å². The molecule has 3 amide bonds. The smallest absolute Gasteiger partial charge is 0.445 e. The highest BCUT2D eigenvalue weighted by Crippen LogP contribution is 2.28. The Morgan fingerprint density at radius 1 is 1.32 bits per heavy atom. The van der Waals surface area contributed by atoms with E-state index in [-0.39, 0.29) is 12.5 Å². The lowest BCUT2D eigenvalue weighted by molar-refractivity contribution is -0.409. The summed E-state index contributed by atoms with van der Waals surface area (Å²) in [5, 5.41) is 0.883. The molecule has 0 aromatic heterocycles. The summed E-state index contributed by atoms with van der Waals surface area (Å²) >= 11 is 12.1. The Morgan fingerprint density at radius 2 is 2.08 bits per heavy atom. The van der Waals surface area contributed by atoms with E-state index in [4.69, 9.17) is 27.9 Å². The summed E-state index contributed by atoms with van der Waals surface area (Å²) in [7, 11) is 1.58. The van der Waals surface area contributed by atoms with Crippen LogP contribution in [0.5, 0.6) is 0 Å². The van der Waals surface area contributed by atoms with E-state index in [1.807, 2.05) is 6.92 Å². The van der Waals surface area contributed by atoms with Crippen molar-refractivity contribution in [3.63, 3.8) is 0 Å². The highest BCUT2D eigenvalue weighted by molar-refractivity contribution is 6.35. The molecule has 0 saturated carbocycles. The molecule has 2 aliphatic heterocycles. The number of carbonyl (C=O) groups excluding carboxylic acids is 2. The van der Waals surface area contributed by atoms with Crippen molar-refractivity contribution in [1.82, 2.24) is 4.90 Å². The topological polar surface area (TPSA) is 62.0 Å². The third-order valence-corrected chi connectivity index (χ3v) is 4.60. The molecule has 0 bridgehead atoms. The molecule has 3 rings (SSSR count). The number of ether oxygens (including phenoxy) is 1. The predicted octanol–water partition coefficient (Wildman–Crippen LogP) is 3.12. The molecule has 0 fully saturated rings. The van der Waals surface area contributed by atoms with Crippen LogP contribution in [-0.2, 0) is 16.1 Å². The number of amidine groups is 1. The van der Waals surface area contributed by atoms with Crippen LogP contribution in [0, 0.1) is 5.92 Å². The molecule has 8 heteroatoms. The number of fused-ring (bicyclic) bond motifs is 1. The Hall–Kier alpha value is -2.18. The second kappa shape index (κ2) is 6.98. The first-order valence-electron chi connectivity index (χ1n) is 7.71. The highest BCUT2D eigenvalue weighted by Gasteiger charge is 2.49. The Morgan fingerprint density at radius 3 is 2.76 bits per heavy atom. The van der Waals surface area contributed by atoms with E-state index in [9.17, 15) is 9.59 Å². The third kappa shape index (κ3) is 3.19. The lowest BCUT2D eigenvalue weighted by Gasteiger charge is -2.28. The lowest BCUT2D eigenvalue weighted by Crippen LogP contribution is -2.54. The van der Waals surface area contributed by atoms with Gasteiger partial charge in [0.25, 0.3) is 5.84 Å². The molecule has 25 heavy (non-hydrogen) atoms. The molecule has 0 radical (unpaired) electrons. The average molecular weight is 381 g/mol. The molecule has 1 aromatic carbocycles. The molecule has 0 saturated heterocycles. The van der Waals surface area contributed by atoms with Crippen LogP contribution in [0.25, 0.3) is 0 Å². The minimum Gasteiger partial charge on any atom is -0.497 e. The number of aliphatic imine (C=N–C) groups is 1. The van der Waals surface area contributed by atoms with Crippen molar-refractivity contribution in [3.8, 4) is 0 Å². The van der Waals surface area contributed by atoms with Gasteiger partial charge in [0.2, 0.25) is 0 Å². The van der Waals surface area contributed by atoms with E-state index in [0.29, 0.717) is 33.8 Å². The Balaban J connectivity index is 1.98. The number of amides is 3. The van der Waals surface area contributed by atoms with Crippen LogP contribution in [0.2, 0.25) is 10.0 Å². The summed E-state index contributed by atoms with van der Waals surface area (Å²) < 4.78 is 6.92. The fraction of sp³-hybridized carbons (Fsp3) is 0.294. The van der Waals surface area contributed by atoms with Gasteiger partial charge < -0.3 is 4.74 Å². The summed E-state index contributed by atoms with van der Waals surface area (Å²) in [6.07, 6.45) is 3.17. The van der Waals surface area contributed by atoms with Gasteiger partial charge in [-0.1, -0.05) is 29.3 Å². The van der Waals surface area contributed by atoms with Gasteiger partial charge in [-0.2, -0.15) is 9.48 Å². The maximum Gasteiger partial charge on any atom is 0.445 e. The van der Waals surface area contributed by atoms with Crippen molar-refractivity contribution >= 4 is 47.2 Å². The quantitative estimate of drug-likeness (QED) is 0.753. The minimum absolute atomic E-state index is 0.0465. The largest absolute Gasteiger partial charge is 0.497 e. The number of rotatable bonds is 4. The molecule has 6 nitrogen and oxygen atoms in total. The van der Waals surface area contributed by atoms with E-state index in [1.54, 1.807) is 31.3 Å². The van der Waals surface area contributed by atoms with E-state index in [2.05, 4.69) is 4.99 Å². The molecule has 0 aliphatic carbocycles. The fourth-order valence-electron chi connectivity index (χ4n) is 2.79. The van der Waals surface area contributed by atoms with Gasteiger partial charge in [0.05, 0.1) is 13.7 Å². The fourth-order valence-corrected chi connectivity index (χ4v) is 3.26. The van der Waals surface area contributed by atoms with E-state index < -0.39 is 11.9 Å².